The lowest BCUT2D eigenvalue weighted by Crippen LogP contribution is -2.48. The van der Waals surface area contributed by atoms with Crippen LogP contribution >= 0.6 is 11.3 Å². The van der Waals surface area contributed by atoms with Crippen LogP contribution in [0.25, 0.3) is 10.6 Å². The second-order valence-corrected chi connectivity index (χ2v) is 9.88. The minimum atomic E-state index is -0.239. The highest BCUT2D eigenvalue weighted by Gasteiger charge is 2.23. The van der Waals surface area contributed by atoms with Gasteiger partial charge in [0.15, 0.2) is 0 Å². The molecule has 1 amide bonds. The fraction of sp³-hybridized carbons (Fsp3) is 0.423. The van der Waals surface area contributed by atoms with Crippen LogP contribution in [0.5, 0.6) is 0 Å². The zero-order valence-corrected chi connectivity index (χ0v) is 20.1. The molecule has 2 aliphatic rings. The summed E-state index contributed by atoms with van der Waals surface area (Å²) in [5.74, 6) is 0.797. The molecule has 0 saturated carbocycles. The monoisotopic (exact) mass is 479 g/mol. The molecule has 0 atom stereocenters. The summed E-state index contributed by atoms with van der Waals surface area (Å²) in [5.41, 5.74) is 2.61. The third-order valence-corrected chi connectivity index (χ3v) is 7.55. The number of carbonyl (C=O) groups excluding carboxylic acids is 1. The molecule has 3 aromatic rings. The lowest BCUT2D eigenvalue weighted by Gasteiger charge is -2.34. The summed E-state index contributed by atoms with van der Waals surface area (Å²) in [7, 11) is 0. The van der Waals surface area contributed by atoms with Gasteiger partial charge in [-0.15, -0.1) is 11.3 Å². The van der Waals surface area contributed by atoms with Gasteiger partial charge in [0, 0.05) is 63.0 Å². The first kappa shape index (κ1) is 22.9. The number of hydrogen-bond donors (Lipinski definition) is 0. The Labute approximate surface area is 204 Å². The maximum absolute atomic E-state index is 13.2. The number of hydrogen-bond acceptors (Lipinski definition) is 6. The van der Waals surface area contributed by atoms with Crippen LogP contribution in [0.2, 0.25) is 0 Å². The van der Waals surface area contributed by atoms with Gasteiger partial charge < -0.3 is 9.80 Å². The molecule has 1 aromatic carbocycles. The normalized spacial score (nSPS) is 17.6. The van der Waals surface area contributed by atoms with E-state index >= 15 is 0 Å². The number of aromatic nitrogens is 2. The van der Waals surface area contributed by atoms with E-state index in [1.807, 2.05) is 17.0 Å². The molecule has 2 saturated heterocycles. The molecule has 4 heterocycles. The smallest absolute Gasteiger partial charge is 0.255 e. The van der Waals surface area contributed by atoms with Gasteiger partial charge in [-0.05, 0) is 49.2 Å². The van der Waals surface area contributed by atoms with Crippen molar-refractivity contribution >= 4 is 23.1 Å². The first-order valence-corrected chi connectivity index (χ1v) is 13.0. The van der Waals surface area contributed by atoms with Gasteiger partial charge in [0.05, 0.1) is 11.3 Å². The highest BCUT2D eigenvalue weighted by Crippen LogP contribution is 2.25. The topological polar surface area (TPSA) is 52.6 Å². The molecule has 0 spiro atoms. The first-order chi connectivity index (χ1) is 16.7. The van der Waals surface area contributed by atoms with E-state index in [4.69, 9.17) is 4.98 Å². The average molecular weight is 480 g/mol. The fourth-order valence-corrected chi connectivity index (χ4v) is 5.44. The molecular weight excluding hydrogens is 449 g/mol. The molecule has 2 aliphatic heterocycles. The lowest BCUT2D eigenvalue weighted by molar-refractivity contribution is 0.0627. The van der Waals surface area contributed by atoms with Crippen LogP contribution in [0.4, 0.5) is 10.2 Å². The molecule has 0 bridgehead atoms. The Morgan fingerprint density at radius 2 is 1.65 bits per heavy atom. The zero-order chi connectivity index (χ0) is 23.3. The molecule has 8 heteroatoms. The van der Waals surface area contributed by atoms with Crippen molar-refractivity contribution in [3.05, 3.63) is 65.0 Å². The van der Waals surface area contributed by atoms with Crippen molar-refractivity contribution in [3.63, 3.8) is 0 Å². The molecule has 0 aliphatic carbocycles. The van der Waals surface area contributed by atoms with Gasteiger partial charge in [0.1, 0.15) is 16.6 Å². The Morgan fingerprint density at radius 1 is 0.912 bits per heavy atom. The van der Waals surface area contributed by atoms with E-state index in [1.54, 1.807) is 29.7 Å². The highest BCUT2D eigenvalue weighted by molar-refractivity contribution is 7.13. The van der Waals surface area contributed by atoms with Crippen molar-refractivity contribution in [2.24, 2.45) is 0 Å². The van der Waals surface area contributed by atoms with Crippen molar-refractivity contribution in [2.75, 3.05) is 44.2 Å². The number of thiazole rings is 1. The van der Waals surface area contributed by atoms with E-state index < -0.39 is 0 Å². The molecule has 34 heavy (non-hydrogen) atoms. The summed E-state index contributed by atoms with van der Waals surface area (Å²) in [6, 6.07) is 10.4. The lowest BCUT2D eigenvalue weighted by atomic mass is 10.2. The van der Waals surface area contributed by atoms with Gasteiger partial charge in [0.25, 0.3) is 5.91 Å². The third-order valence-electron chi connectivity index (χ3n) is 6.61. The van der Waals surface area contributed by atoms with E-state index in [1.165, 1.54) is 37.8 Å². The number of carbonyl (C=O) groups is 1. The van der Waals surface area contributed by atoms with Crippen LogP contribution in [-0.2, 0) is 6.54 Å². The van der Waals surface area contributed by atoms with Gasteiger partial charge >= 0.3 is 0 Å². The number of anilines is 1. The molecule has 0 radical (unpaired) electrons. The Bertz CT molecular complexity index is 1090. The average Bonchev–Trinajstić information content (AvgIpc) is 3.16. The number of pyridine rings is 1. The van der Waals surface area contributed by atoms with Crippen LogP contribution in [0.1, 0.15) is 41.7 Å². The van der Waals surface area contributed by atoms with Crippen molar-refractivity contribution < 1.29 is 9.18 Å². The maximum Gasteiger partial charge on any atom is 0.255 e. The predicted octanol–water partition coefficient (Wildman–Crippen LogP) is 4.68. The molecule has 2 aromatic heterocycles. The Kier molecular flexibility index (Phi) is 7.16. The predicted molar refractivity (Wildman–Crippen MR) is 134 cm³/mol. The molecular formula is C26H30FN5OS. The Morgan fingerprint density at radius 3 is 2.32 bits per heavy atom. The van der Waals surface area contributed by atoms with E-state index in [0.29, 0.717) is 18.7 Å². The number of piperazine rings is 1. The third kappa shape index (κ3) is 5.45. The summed E-state index contributed by atoms with van der Waals surface area (Å²) in [6.45, 7) is 5.87. The van der Waals surface area contributed by atoms with Gasteiger partial charge in [-0.3, -0.25) is 9.69 Å². The van der Waals surface area contributed by atoms with Crippen molar-refractivity contribution in [1.29, 1.82) is 0 Å². The quantitative estimate of drug-likeness (QED) is 0.532. The maximum atomic E-state index is 13.2. The Hall–Kier alpha value is -2.84. The van der Waals surface area contributed by atoms with Crippen molar-refractivity contribution in [1.82, 2.24) is 19.8 Å². The minimum absolute atomic E-state index is 0.0572. The second-order valence-electron chi connectivity index (χ2n) is 9.03. The van der Waals surface area contributed by atoms with Crippen LogP contribution in [0.3, 0.4) is 0 Å². The van der Waals surface area contributed by atoms with E-state index in [-0.39, 0.29) is 11.7 Å². The van der Waals surface area contributed by atoms with Gasteiger partial charge in [-0.25, -0.2) is 14.4 Å². The molecule has 5 rings (SSSR count). The van der Waals surface area contributed by atoms with Crippen molar-refractivity contribution in [3.8, 4) is 10.6 Å². The van der Waals surface area contributed by atoms with Crippen LogP contribution < -0.4 is 4.90 Å². The highest BCUT2D eigenvalue weighted by atomic mass is 32.1. The number of benzene rings is 1. The minimum Gasteiger partial charge on any atom is -0.357 e. The van der Waals surface area contributed by atoms with Gasteiger partial charge in [-0.2, -0.15) is 0 Å². The summed E-state index contributed by atoms with van der Waals surface area (Å²) >= 11 is 1.58. The first-order valence-electron chi connectivity index (χ1n) is 12.1. The molecule has 6 nitrogen and oxygen atoms in total. The van der Waals surface area contributed by atoms with Crippen LogP contribution in [0.15, 0.2) is 48.0 Å². The van der Waals surface area contributed by atoms with Gasteiger partial charge in [0.2, 0.25) is 0 Å². The van der Waals surface area contributed by atoms with E-state index in [9.17, 15) is 9.18 Å². The van der Waals surface area contributed by atoms with E-state index in [2.05, 4.69) is 20.2 Å². The Balaban J connectivity index is 1.13. The van der Waals surface area contributed by atoms with Crippen LogP contribution in [-0.4, -0.2) is 64.9 Å². The molecule has 0 unspecified atom stereocenters. The zero-order valence-electron chi connectivity index (χ0n) is 19.3. The largest absolute Gasteiger partial charge is 0.357 e. The fourth-order valence-electron chi connectivity index (χ4n) is 4.62. The molecule has 2 fully saturated rings. The summed E-state index contributed by atoms with van der Waals surface area (Å²) in [4.78, 5) is 28.9. The van der Waals surface area contributed by atoms with Gasteiger partial charge in [-0.1, -0.05) is 12.8 Å². The number of nitrogens with zero attached hydrogens (tertiary/aromatic N) is 5. The summed E-state index contributed by atoms with van der Waals surface area (Å²) in [6.07, 6.45) is 6.73. The number of halogens is 1. The second kappa shape index (κ2) is 10.6. The number of rotatable bonds is 5. The van der Waals surface area contributed by atoms with Crippen molar-refractivity contribution in [2.45, 2.75) is 32.2 Å². The SMILES string of the molecule is O=C(c1ccc(N2CCCCCC2)nc1)N1CCN(Cc2csc(-c3ccc(F)cc3)n2)CC1. The summed E-state index contributed by atoms with van der Waals surface area (Å²) < 4.78 is 13.2. The molecule has 0 N–H and O–H groups in total. The van der Waals surface area contributed by atoms with E-state index in [0.717, 1.165) is 54.8 Å². The number of amides is 1. The standard InChI is InChI=1S/C26H30FN5OS/c27-22-8-5-20(6-9-22)25-29-23(19-34-25)18-30-13-15-32(16-14-30)26(33)21-7-10-24(28-17-21)31-11-3-1-2-4-12-31/h5-10,17,19H,1-4,11-16,18H2. The molecule has 178 valence electrons. The summed E-state index contributed by atoms with van der Waals surface area (Å²) in [5, 5.41) is 2.97. The van der Waals surface area contributed by atoms with Crippen LogP contribution in [0, 0.1) is 5.82 Å².